The van der Waals surface area contributed by atoms with Crippen LogP contribution < -0.4 is 10.9 Å². The highest BCUT2D eigenvalue weighted by Gasteiger charge is 2.08. The molecule has 6 nitrogen and oxygen atoms in total. The van der Waals surface area contributed by atoms with Crippen LogP contribution in [0.5, 0.6) is 0 Å². The molecule has 2 aromatic carbocycles. The lowest BCUT2D eigenvalue weighted by molar-refractivity contribution is -0.116. The molecule has 0 fully saturated rings. The maximum atomic E-state index is 12.8. The first-order chi connectivity index (χ1) is 11.1. The number of hydrogen-bond donors (Lipinski definition) is 1. The van der Waals surface area contributed by atoms with Crippen LogP contribution in [0.1, 0.15) is 6.42 Å². The predicted molar refractivity (Wildman–Crippen MR) is 83.4 cm³/mol. The van der Waals surface area contributed by atoms with Crippen molar-refractivity contribution in [2.24, 2.45) is 0 Å². The van der Waals surface area contributed by atoms with Crippen molar-refractivity contribution >= 4 is 22.5 Å². The minimum absolute atomic E-state index is 0.0598. The van der Waals surface area contributed by atoms with Gasteiger partial charge in [-0.05, 0) is 36.4 Å². The summed E-state index contributed by atoms with van der Waals surface area (Å²) in [6, 6.07) is 12.3. The summed E-state index contributed by atoms with van der Waals surface area (Å²) in [4.78, 5) is 24.1. The van der Waals surface area contributed by atoms with Gasteiger partial charge in [-0.25, -0.2) is 9.07 Å². The fraction of sp³-hybridized carbons (Fsp3) is 0.125. The number of benzene rings is 2. The van der Waals surface area contributed by atoms with Gasteiger partial charge in [-0.1, -0.05) is 17.3 Å². The molecule has 116 valence electrons. The molecular weight excluding hydrogens is 299 g/mol. The first-order valence-corrected chi connectivity index (χ1v) is 7.01. The minimum Gasteiger partial charge on any atom is -0.326 e. The SMILES string of the molecule is O=C(CCn1nnc2ccccc2c1=O)Nc1ccc(F)cc1. The zero-order valence-corrected chi connectivity index (χ0v) is 12.1. The predicted octanol–water partition coefficient (Wildman–Crippen LogP) is 1.96. The third-order valence-corrected chi connectivity index (χ3v) is 3.31. The van der Waals surface area contributed by atoms with Crippen LogP contribution in [0.15, 0.2) is 53.3 Å². The topological polar surface area (TPSA) is 76.9 Å². The number of carbonyl (C=O) groups is 1. The van der Waals surface area contributed by atoms with Gasteiger partial charge in [-0.3, -0.25) is 9.59 Å². The molecule has 0 saturated carbocycles. The first-order valence-electron chi connectivity index (χ1n) is 7.01. The van der Waals surface area contributed by atoms with Gasteiger partial charge in [0.15, 0.2) is 0 Å². The van der Waals surface area contributed by atoms with Gasteiger partial charge >= 0.3 is 0 Å². The van der Waals surface area contributed by atoms with E-state index >= 15 is 0 Å². The van der Waals surface area contributed by atoms with Gasteiger partial charge in [-0.15, -0.1) is 5.10 Å². The van der Waals surface area contributed by atoms with Gasteiger partial charge in [-0.2, -0.15) is 0 Å². The lowest BCUT2D eigenvalue weighted by atomic mass is 10.2. The Morgan fingerprint density at radius 1 is 1.13 bits per heavy atom. The molecule has 0 aliphatic carbocycles. The Balaban J connectivity index is 1.68. The summed E-state index contributed by atoms with van der Waals surface area (Å²) in [6.45, 7) is 0.115. The van der Waals surface area contributed by atoms with Crippen LogP contribution in [0.25, 0.3) is 10.9 Å². The number of carbonyl (C=O) groups excluding carboxylic acids is 1. The smallest absolute Gasteiger partial charge is 0.277 e. The van der Waals surface area contributed by atoms with E-state index < -0.39 is 0 Å². The summed E-state index contributed by atoms with van der Waals surface area (Å²) in [5.74, 6) is -0.667. The average Bonchev–Trinajstić information content (AvgIpc) is 2.57. The van der Waals surface area contributed by atoms with E-state index in [0.717, 1.165) is 4.68 Å². The molecule has 3 aromatic rings. The van der Waals surface area contributed by atoms with E-state index in [0.29, 0.717) is 16.6 Å². The van der Waals surface area contributed by atoms with E-state index in [4.69, 9.17) is 0 Å². The third kappa shape index (κ3) is 3.39. The van der Waals surface area contributed by atoms with Crippen LogP contribution in [0, 0.1) is 5.82 Å². The molecule has 0 saturated heterocycles. The van der Waals surface area contributed by atoms with Gasteiger partial charge in [0, 0.05) is 12.1 Å². The molecule has 0 atom stereocenters. The number of nitrogens with zero attached hydrogens (tertiary/aromatic N) is 3. The Labute approximate surface area is 130 Å². The maximum Gasteiger partial charge on any atom is 0.277 e. The summed E-state index contributed by atoms with van der Waals surface area (Å²) in [5.41, 5.74) is 0.725. The molecule has 23 heavy (non-hydrogen) atoms. The second-order valence-electron chi connectivity index (χ2n) is 4.94. The Hall–Kier alpha value is -3.09. The first kappa shape index (κ1) is 14.8. The van der Waals surface area contributed by atoms with Crippen molar-refractivity contribution in [2.75, 3.05) is 5.32 Å². The standard InChI is InChI=1S/C16H13FN4O2/c17-11-5-7-12(8-6-11)18-15(22)9-10-21-16(23)13-3-1-2-4-14(13)19-20-21/h1-8H,9-10H2,(H,18,22). The van der Waals surface area contributed by atoms with Crippen molar-refractivity contribution in [1.29, 1.82) is 0 Å². The van der Waals surface area contributed by atoms with Gasteiger partial charge in [0.2, 0.25) is 5.91 Å². The number of aromatic nitrogens is 3. The summed E-state index contributed by atoms with van der Waals surface area (Å²) in [7, 11) is 0. The van der Waals surface area contributed by atoms with Crippen molar-refractivity contribution in [3.05, 3.63) is 64.7 Å². The van der Waals surface area contributed by atoms with E-state index in [2.05, 4.69) is 15.6 Å². The Morgan fingerprint density at radius 3 is 2.65 bits per heavy atom. The molecule has 1 amide bonds. The fourth-order valence-corrected chi connectivity index (χ4v) is 2.13. The van der Waals surface area contributed by atoms with Crippen molar-refractivity contribution in [3.63, 3.8) is 0 Å². The summed E-state index contributed by atoms with van der Waals surface area (Å²) >= 11 is 0. The second kappa shape index (κ2) is 6.35. The molecule has 0 spiro atoms. The highest BCUT2D eigenvalue weighted by molar-refractivity contribution is 5.90. The van der Waals surface area contributed by atoms with Gasteiger partial charge in [0.05, 0.1) is 11.9 Å². The van der Waals surface area contributed by atoms with Crippen LogP contribution in [0.2, 0.25) is 0 Å². The van der Waals surface area contributed by atoms with E-state index in [1.54, 1.807) is 24.3 Å². The number of rotatable bonds is 4. The molecule has 1 aromatic heterocycles. The minimum atomic E-state index is -0.374. The average molecular weight is 312 g/mol. The van der Waals surface area contributed by atoms with Crippen LogP contribution >= 0.6 is 0 Å². The van der Waals surface area contributed by atoms with Crippen molar-refractivity contribution in [1.82, 2.24) is 15.0 Å². The molecule has 1 heterocycles. The number of aryl methyl sites for hydroxylation is 1. The van der Waals surface area contributed by atoms with E-state index in [9.17, 15) is 14.0 Å². The van der Waals surface area contributed by atoms with E-state index in [1.807, 2.05) is 0 Å². The molecule has 0 radical (unpaired) electrons. The van der Waals surface area contributed by atoms with E-state index in [1.165, 1.54) is 24.3 Å². The fourth-order valence-electron chi connectivity index (χ4n) is 2.13. The maximum absolute atomic E-state index is 12.8. The van der Waals surface area contributed by atoms with Crippen molar-refractivity contribution in [2.45, 2.75) is 13.0 Å². The highest BCUT2D eigenvalue weighted by Crippen LogP contribution is 2.09. The van der Waals surface area contributed by atoms with E-state index in [-0.39, 0.29) is 30.2 Å². The molecule has 0 unspecified atom stereocenters. The Bertz CT molecular complexity index is 906. The third-order valence-electron chi connectivity index (χ3n) is 3.31. The normalized spacial score (nSPS) is 10.7. The number of halogens is 1. The zero-order valence-electron chi connectivity index (χ0n) is 12.1. The monoisotopic (exact) mass is 312 g/mol. The van der Waals surface area contributed by atoms with Gasteiger partial charge < -0.3 is 5.32 Å². The second-order valence-corrected chi connectivity index (χ2v) is 4.94. The molecule has 0 aliphatic heterocycles. The number of fused-ring (bicyclic) bond motifs is 1. The molecular formula is C16H13FN4O2. The Kier molecular flexibility index (Phi) is 4.09. The zero-order chi connectivity index (χ0) is 16.2. The molecule has 0 aliphatic rings. The van der Waals surface area contributed by atoms with Crippen LogP contribution in [0.4, 0.5) is 10.1 Å². The van der Waals surface area contributed by atoms with Crippen LogP contribution in [-0.4, -0.2) is 20.9 Å². The van der Waals surface area contributed by atoms with Crippen LogP contribution in [-0.2, 0) is 11.3 Å². The quantitative estimate of drug-likeness (QED) is 0.799. The number of nitrogens with one attached hydrogen (secondary N) is 1. The lowest BCUT2D eigenvalue weighted by Crippen LogP contribution is -2.26. The van der Waals surface area contributed by atoms with Crippen LogP contribution in [0.3, 0.4) is 0 Å². The largest absolute Gasteiger partial charge is 0.326 e. The summed E-state index contributed by atoms with van der Waals surface area (Å²) in [6.07, 6.45) is 0.0598. The van der Waals surface area contributed by atoms with Gasteiger partial charge in [0.1, 0.15) is 11.3 Å². The summed E-state index contributed by atoms with van der Waals surface area (Å²) in [5, 5.41) is 10.9. The van der Waals surface area contributed by atoms with Crippen molar-refractivity contribution in [3.8, 4) is 0 Å². The molecule has 3 rings (SSSR count). The molecule has 7 heteroatoms. The number of hydrogen-bond acceptors (Lipinski definition) is 4. The van der Waals surface area contributed by atoms with Crippen molar-refractivity contribution < 1.29 is 9.18 Å². The number of anilines is 1. The molecule has 0 bridgehead atoms. The Morgan fingerprint density at radius 2 is 1.87 bits per heavy atom. The highest BCUT2D eigenvalue weighted by atomic mass is 19.1. The molecule has 1 N–H and O–H groups in total. The van der Waals surface area contributed by atoms with Gasteiger partial charge in [0.25, 0.3) is 5.56 Å². The summed E-state index contributed by atoms with van der Waals surface area (Å²) < 4.78 is 14.0. The number of amides is 1. The lowest BCUT2D eigenvalue weighted by Gasteiger charge is -2.06.